The summed E-state index contributed by atoms with van der Waals surface area (Å²) < 4.78 is 22.6. The molecule has 9 aromatic rings. The number of carbonyl (C=O) groups is 9. The highest BCUT2D eigenvalue weighted by atomic mass is 35.5. The predicted molar refractivity (Wildman–Crippen MR) is 471 cm³/mol. The molecular formula is C89H118Cl3N9O12Si2. The number of carbonyl (C=O) groups excluding carboxylic acids is 9. The van der Waals surface area contributed by atoms with Gasteiger partial charge < -0.3 is 29.8 Å². The number of aromatic nitrogens is 3. The minimum Gasteiger partial charge on any atom is -0.497 e. The van der Waals surface area contributed by atoms with Crippen molar-refractivity contribution in [1.29, 1.82) is 0 Å². The lowest BCUT2D eigenvalue weighted by atomic mass is 9.93. The van der Waals surface area contributed by atoms with Crippen LogP contribution in [0.2, 0.25) is 54.3 Å². The minimum absolute atomic E-state index is 0. The van der Waals surface area contributed by atoms with Gasteiger partial charge in [0.15, 0.2) is 8.24 Å². The highest BCUT2D eigenvalue weighted by Crippen LogP contribution is 2.37. The molecule has 0 bridgehead atoms. The van der Waals surface area contributed by atoms with E-state index in [0.29, 0.717) is 99.2 Å². The lowest BCUT2D eigenvalue weighted by molar-refractivity contribution is -0.131. The van der Waals surface area contributed by atoms with Gasteiger partial charge in [-0.2, -0.15) is 0 Å². The van der Waals surface area contributed by atoms with Crippen molar-refractivity contribution in [2.24, 2.45) is 0 Å². The molecule has 9 amide bonds. The number of fused-ring (bicyclic) bond motifs is 3. The number of methoxy groups -OCH3 is 3. The largest absolute Gasteiger partial charge is 0.497 e. The van der Waals surface area contributed by atoms with Gasteiger partial charge in [-0.05, 0) is 232 Å². The number of imide groups is 3. The Labute approximate surface area is 696 Å². The Bertz CT molecular complexity index is 4810. The number of benzene rings is 6. The van der Waals surface area contributed by atoms with Gasteiger partial charge in [0.1, 0.15) is 25.5 Å². The number of hydrogen-bond donors (Lipinski definition) is 3. The Hall–Kier alpha value is -9.53. The zero-order chi connectivity index (χ0) is 82.2. The van der Waals surface area contributed by atoms with Gasteiger partial charge in [0, 0.05) is 88.2 Å². The van der Waals surface area contributed by atoms with Crippen LogP contribution in [-0.4, -0.2) is 143 Å². The SMILES string of the molecule is C.C.C.COc1ccc2c(c1)c(CC(=O)N(C(=O)NC(C)(C)C)C(C)(C)C)c(C)n2C(=O)c1ccc(Cl)cc1.COc1ccc2c(c1)c(CC(=O)N(C(=O)NC1CCCCC1)C1CCCCC1)c(C)n2C(=O)c1ccc(Cl)cc1.COc1ccc2c(c1)c(CC(=O)N(C(=O)N[Si](C)(C)C)[Si](C)(C)C)c(C)n2C(=O)c1ccc(Cl)cc1. The number of rotatable bonds is 16. The molecule has 3 heterocycles. The molecule has 6 aromatic carbocycles. The molecule has 0 aliphatic heterocycles. The number of hydrogen-bond acceptors (Lipinski definition) is 12. The van der Waals surface area contributed by atoms with Crippen LogP contribution in [0.1, 0.15) is 193 Å². The smallest absolute Gasteiger partial charge is 0.324 e. The van der Waals surface area contributed by atoms with Crippen molar-refractivity contribution in [3.8, 4) is 17.2 Å². The van der Waals surface area contributed by atoms with Crippen LogP contribution >= 0.6 is 34.8 Å². The Morgan fingerprint density at radius 1 is 0.443 bits per heavy atom. The van der Waals surface area contributed by atoms with E-state index in [9.17, 15) is 43.2 Å². The van der Waals surface area contributed by atoms with Gasteiger partial charge in [0.25, 0.3) is 17.7 Å². The van der Waals surface area contributed by atoms with Crippen molar-refractivity contribution in [2.75, 3.05) is 21.3 Å². The molecule has 0 unspecified atom stereocenters. The van der Waals surface area contributed by atoms with E-state index in [1.807, 2.05) is 131 Å². The fourth-order valence-corrected chi connectivity index (χ4v) is 17.5. The van der Waals surface area contributed by atoms with E-state index >= 15 is 0 Å². The average molecular weight is 1670 g/mol. The van der Waals surface area contributed by atoms with Crippen LogP contribution in [0.25, 0.3) is 32.7 Å². The Kier molecular flexibility index (Phi) is 32.3. The molecule has 3 N–H and O–H groups in total. The van der Waals surface area contributed by atoms with E-state index in [1.165, 1.54) is 20.8 Å². The number of ether oxygens (including phenoxy) is 3. The van der Waals surface area contributed by atoms with E-state index < -0.39 is 33.6 Å². The summed E-state index contributed by atoms with van der Waals surface area (Å²) in [7, 11) is 0.402. The lowest BCUT2D eigenvalue weighted by Crippen LogP contribution is -2.61. The molecule has 620 valence electrons. The predicted octanol–water partition coefficient (Wildman–Crippen LogP) is 21.0. The van der Waals surface area contributed by atoms with Crippen molar-refractivity contribution in [2.45, 2.75) is 231 Å². The van der Waals surface area contributed by atoms with Crippen LogP contribution < -0.4 is 29.8 Å². The summed E-state index contributed by atoms with van der Waals surface area (Å²) in [6.07, 6.45) is 10.1. The van der Waals surface area contributed by atoms with Crippen LogP contribution in [-0.2, 0) is 33.6 Å². The summed E-state index contributed by atoms with van der Waals surface area (Å²) in [5.74, 6) is 0.300. The maximum atomic E-state index is 14.1. The number of halogens is 3. The third-order valence-corrected chi connectivity index (χ3v) is 23.6. The summed E-state index contributed by atoms with van der Waals surface area (Å²) in [6.45, 7) is 28.5. The van der Waals surface area contributed by atoms with Gasteiger partial charge >= 0.3 is 18.1 Å². The van der Waals surface area contributed by atoms with Gasteiger partial charge in [0.2, 0.25) is 17.7 Å². The molecule has 0 spiro atoms. The van der Waals surface area contributed by atoms with E-state index in [1.54, 1.807) is 133 Å². The first kappa shape index (κ1) is 94.3. The van der Waals surface area contributed by atoms with Crippen molar-refractivity contribution in [1.82, 2.24) is 43.7 Å². The molecule has 0 saturated heterocycles. The number of urea groups is 3. The first-order chi connectivity index (χ1) is 52.6. The standard InChI is InChI=1S/C32H38ClN3O4.C28H34ClN3O4.C26H34ClN3O4Si2.3CH4/c1-21-27(20-30(37)36(25-11-7-4-8-12-25)32(39)34-24-9-5-3-6-10-24)28-19-26(40-2)17-18-29(28)35(21)31(38)22-13-15-23(33)16-14-22;1-17-21(16-24(33)32(28(5,6)7)26(35)30-27(2,3)4)22-15-20(36-8)13-14-23(22)31(17)25(34)18-9-11-19(29)12-10-18;1-17-21(16-24(31)30(36(6,7)8)26(33)28-35(3,4)5)22-15-20(34-2)13-14-23(22)29(17)25(32)18-9-11-19(27)12-10-18;;;/h13-19,24-25H,3-12,20H2,1-2H3,(H,34,39);9-15H,16H2,1-8H3,(H,30,35);9-15H,16H2,1-8H3,(H,28,33);3*1H4. The average Bonchev–Trinajstić information content (AvgIpc) is 1.62. The molecule has 11 rings (SSSR count). The molecule has 26 heteroatoms. The van der Waals surface area contributed by atoms with Crippen LogP contribution in [0.5, 0.6) is 17.2 Å². The van der Waals surface area contributed by atoms with E-state index in [4.69, 9.17) is 49.0 Å². The second-order valence-corrected chi connectivity index (χ2v) is 43.7. The number of amides is 9. The van der Waals surface area contributed by atoms with Crippen molar-refractivity contribution in [3.63, 3.8) is 0 Å². The van der Waals surface area contributed by atoms with Crippen LogP contribution in [0.4, 0.5) is 14.4 Å². The van der Waals surface area contributed by atoms with Crippen molar-refractivity contribution < 1.29 is 57.4 Å². The highest BCUT2D eigenvalue weighted by Gasteiger charge is 2.40. The second-order valence-electron chi connectivity index (χ2n) is 32.8. The van der Waals surface area contributed by atoms with Gasteiger partial charge in [-0.3, -0.25) is 56.8 Å². The molecule has 2 saturated carbocycles. The second kappa shape index (κ2) is 39.4. The summed E-state index contributed by atoms with van der Waals surface area (Å²) in [5.41, 5.74) is 6.21. The molecular weight excluding hydrogens is 1550 g/mol. The molecule has 2 aliphatic rings. The summed E-state index contributed by atoms with van der Waals surface area (Å²) >= 11 is 18.1. The summed E-state index contributed by atoms with van der Waals surface area (Å²) in [4.78, 5) is 128. The van der Waals surface area contributed by atoms with Crippen molar-refractivity contribution >= 4 is 138 Å². The molecule has 0 radical (unpaired) electrons. The van der Waals surface area contributed by atoms with Gasteiger partial charge in [-0.1, -0.05) is 135 Å². The lowest BCUT2D eigenvalue weighted by Gasteiger charge is -2.36. The molecule has 115 heavy (non-hydrogen) atoms. The first-order valence-corrected chi connectivity index (χ1v) is 46.1. The fraction of sp³-hybridized carbons (Fsp3) is 0.427. The molecule has 2 aliphatic carbocycles. The number of nitrogens with one attached hydrogen (secondary N) is 3. The Morgan fingerprint density at radius 2 is 0.774 bits per heavy atom. The topological polar surface area (TPSA) is 242 Å². The fourth-order valence-electron chi connectivity index (χ4n) is 14.7. The maximum Gasteiger partial charge on any atom is 0.324 e. The summed E-state index contributed by atoms with van der Waals surface area (Å²) in [6, 6.07) is 35.4. The molecule has 2 fully saturated rings. The highest BCUT2D eigenvalue weighted by molar-refractivity contribution is 6.80. The van der Waals surface area contributed by atoms with E-state index in [2.05, 4.69) is 15.6 Å². The van der Waals surface area contributed by atoms with Crippen molar-refractivity contribution in [3.05, 3.63) is 193 Å². The normalized spacial score (nSPS) is 13.2. The maximum absolute atomic E-state index is 14.1. The molecule has 3 aromatic heterocycles. The third-order valence-electron chi connectivity index (χ3n) is 20.1. The van der Waals surface area contributed by atoms with Gasteiger partial charge in [0.05, 0.1) is 57.1 Å². The molecule has 21 nitrogen and oxygen atoms in total. The van der Waals surface area contributed by atoms with E-state index in [-0.39, 0.29) is 101 Å². The summed E-state index contributed by atoms with van der Waals surface area (Å²) in [5, 5.41) is 9.92. The molecule has 0 atom stereocenters. The monoisotopic (exact) mass is 1670 g/mol. The van der Waals surface area contributed by atoms with Crippen LogP contribution in [0, 0.1) is 20.8 Å². The minimum atomic E-state index is -2.36. The first-order valence-electron chi connectivity index (χ1n) is 38.0. The Morgan fingerprint density at radius 3 is 1.09 bits per heavy atom. The van der Waals surface area contributed by atoms with Crippen LogP contribution in [0.15, 0.2) is 127 Å². The zero-order valence-electron chi connectivity index (χ0n) is 67.7. The Balaban J connectivity index is 0.000000265. The zero-order valence-corrected chi connectivity index (χ0v) is 72.0. The van der Waals surface area contributed by atoms with Crippen LogP contribution in [0.3, 0.4) is 0 Å². The van der Waals surface area contributed by atoms with Gasteiger partial charge in [-0.25, -0.2) is 14.4 Å². The third kappa shape index (κ3) is 22.8. The van der Waals surface area contributed by atoms with Gasteiger partial charge in [-0.15, -0.1) is 0 Å². The number of nitrogens with zero attached hydrogens (tertiary/aromatic N) is 6. The van der Waals surface area contributed by atoms with E-state index in [0.717, 1.165) is 74.1 Å². The quantitative estimate of drug-likeness (QED) is 0.0765.